The molecule has 2 amide bonds. The summed E-state index contributed by atoms with van der Waals surface area (Å²) in [5.41, 5.74) is 6.46. The number of aliphatic carboxylic acids is 1. The number of urea groups is 1. The van der Waals surface area contributed by atoms with Gasteiger partial charge < -0.3 is 15.7 Å². The minimum Gasteiger partial charge on any atom is -0.481 e. The van der Waals surface area contributed by atoms with E-state index in [9.17, 15) is 9.59 Å². The Morgan fingerprint density at radius 1 is 0.917 bits per heavy atom. The quantitative estimate of drug-likeness (QED) is 0.401. The third-order valence-corrected chi connectivity index (χ3v) is 7.49. The number of fused-ring (bicyclic) bond motifs is 1. The molecular formula is C30H33N3O3. The van der Waals surface area contributed by atoms with Gasteiger partial charge in [-0.2, -0.15) is 0 Å². The average molecular weight is 484 g/mol. The first-order chi connectivity index (χ1) is 17.6. The van der Waals surface area contributed by atoms with Crippen molar-refractivity contribution in [2.24, 2.45) is 5.92 Å². The molecule has 1 fully saturated rings. The summed E-state index contributed by atoms with van der Waals surface area (Å²) in [7, 11) is 0. The maximum atomic E-state index is 13.1. The fraction of sp³-hybridized carbons (Fsp3) is 0.333. The number of benzene rings is 3. The summed E-state index contributed by atoms with van der Waals surface area (Å²) < 4.78 is 0. The second-order valence-electron chi connectivity index (χ2n) is 9.91. The third-order valence-electron chi connectivity index (χ3n) is 7.49. The minimum absolute atomic E-state index is 0.124. The maximum absolute atomic E-state index is 13.1. The normalized spacial score (nSPS) is 19.7. The molecule has 0 atom stereocenters. The number of amides is 2. The van der Waals surface area contributed by atoms with E-state index in [1.54, 1.807) is 0 Å². The molecule has 0 bridgehead atoms. The number of para-hydroxylation sites is 1. The number of carbonyl (C=O) groups excluding carboxylic acids is 1. The van der Waals surface area contributed by atoms with E-state index < -0.39 is 5.97 Å². The zero-order chi connectivity index (χ0) is 24.9. The van der Waals surface area contributed by atoms with Gasteiger partial charge in [-0.15, -0.1) is 0 Å². The van der Waals surface area contributed by atoms with Crippen molar-refractivity contribution in [3.8, 4) is 11.1 Å². The van der Waals surface area contributed by atoms with Crippen LogP contribution in [0, 0.1) is 5.92 Å². The van der Waals surface area contributed by atoms with E-state index >= 15 is 0 Å². The lowest BCUT2D eigenvalue weighted by Gasteiger charge is -2.28. The van der Waals surface area contributed by atoms with Crippen LogP contribution >= 0.6 is 0 Å². The van der Waals surface area contributed by atoms with Crippen LogP contribution in [0.3, 0.4) is 0 Å². The molecule has 1 aliphatic carbocycles. The fourth-order valence-electron chi connectivity index (χ4n) is 5.52. The van der Waals surface area contributed by atoms with Gasteiger partial charge in [0, 0.05) is 37.4 Å². The van der Waals surface area contributed by atoms with Crippen molar-refractivity contribution in [1.29, 1.82) is 0 Å². The van der Waals surface area contributed by atoms with Gasteiger partial charge in [-0.25, -0.2) is 4.79 Å². The molecule has 6 heteroatoms. The Labute approximate surface area is 212 Å². The maximum Gasteiger partial charge on any atom is 0.326 e. The summed E-state index contributed by atoms with van der Waals surface area (Å²) in [6, 6.07) is 24.6. The molecule has 5 rings (SSSR count). The second kappa shape index (κ2) is 11.0. The predicted molar refractivity (Wildman–Crippen MR) is 143 cm³/mol. The number of hydrogen-bond donors (Lipinski definition) is 3. The smallest absolute Gasteiger partial charge is 0.326 e. The van der Waals surface area contributed by atoms with Crippen LogP contribution in [-0.4, -0.2) is 30.2 Å². The van der Waals surface area contributed by atoms with Crippen LogP contribution < -0.4 is 15.5 Å². The van der Waals surface area contributed by atoms with Gasteiger partial charge in [0.25, 0.3) is 0 Å². The number of anilines is 2. The highest BCUT2D eigenvalue weighted by Crippen LogP contribution is 2.38. The molecule has 0 saturated heterocycles. The summed E-state index contributed by atoms with van der Waals surface area (Å²) >= 11 is 0. The lowest BCUT2D eigenvalue weighted by molar-refractivity contribution is -0.138. The largest absolute Gasteiger partial charge is 0.481 e. The first-order valence-corrected chi connectivity index (χ1v) is 12.9. The molecule has 0 aromatic heterocycles. The van der Waals surface area contributed by atoms with Gasteiger partial charge in [0.2, 0.25) is 0 Å². The van der Waals surface area contributed by atoms with Crippen LogP contribution in [0.1, 0.15) is 49.1 Å². The molecule has 186 valence electrons. The SMILES string of the molecule is O=C(O)CC1CCC(c2ccc(-c3ccc4c(c3)CNCCN4C(=O)Nc3ccccc3)cc2)CC1. The molecule has 0 spiro atoms. The van der Waals surface area contributed by atoms with Crippen LogP contribution in [0.25, 0.3) is 11.1 Å². The molecule has 2 aliphatic rings. The van der Waals surface area contributed by atoms with Crippen molar-refractivity contribution in [2.75, 3.05) is 23.3 Å². The number of carboxylic acids is 1. The summed E-state index contributed by atoms with van der Waals surface area (Å²) in [4.78, 5) is 25.9. The predicted octanol–water partition coefficient (Wildman–Crippen LogP) is 6.24. The summed E-state index contributed by atoms with van der Waals surface area (Å²) in [5, 5.41) is 15.5. The van der Waals surface area contributed by atoms with Crippen molar-refractivity contribution in [2.45, 2.75) is 44.6 Å². The number of hydrogen-bond acceptors (Lipinski definition) is 3. The van der Waals surface area contributed by atoms with E-state index in [4.69, 9.17) is 5.11 Å². The van der Waals surface area contributed by atoms with Crippen LogP contribution in [0.5, 0.6) is 0 Å². The number of nitrogens with zero attached hydrogens (tertiary/aromatic N) is 1. The zero-order valence-electron chi connectivity index (χ0n) is 20.5. The Hall–Kier alpha value is -3.64. The Bertz CT molecular complexity index is 1200. The van der Waals surface area contributed by atoms with Gasteiger partial charge in [0.05, 0.1) is 0 Å². The monoisotopic (exact) mass is 483 g/mol. The molecule has 1 saturated carbocycles. The van der Waals surface area contributed by atoms with Gasteiger partial charge >= 0.3 is 12.0 Å². The standard InChI is InChI=1S/C30H33N3O3/c34-29(35)18-21-6-8-22(9-7-21)23-10-12-24(13-11-23)25-14-15-28-26(19-25)20-31-16-17-33(28)30(36)32-27-4-2-1-3-5-27/h1-5,10-15,19,21-22,31H,6-9,16-18,20H2,(H,32,36)(H,34,35). The third kappa shape index (κ3) is 5.60. The van der Waals surface area contributed by atoms with Crippen LogP contribution in [0.15, 0.2) is 72.8 Å². The number of nitrogens with one attached hydrogen (secondary N) is 2. The fourth-order valence-corrected chi connectivity index (χ4v) is 5.52. The van der Waals surface area contributed by atoms with Crippen molar-refractivity contribution in [3.63, 3.8) is 0 Å². The Balaban J connectivity index is 1.29. The van der Waals surface area contributed by atoms with Crippen molar-refractivity contribution in [3.05, 3.63) is 83.9 Å². The average Bonchev–Trinajstić information content (AvgIpc) is 3.12. The summed E-state index contributed by atoms with van der Waals surface area (Å²) in [5.74, 6) is 0.149. The Morgan fingerprint density at radius 2 is 1.64 bits per heavy atom. The molecule has 1 heterocycles. The molecule has 3 aromatic carbocycles. The molecule has 6 nitrogen and oxygen atoms in total. The number of carboxylic acid groups (broad SMARTS) is 1. The number of rotatable bonds is 5. The topological polar surface area (TPSA) is 81.7 Å². The van der Waals surface area contributed by atoms with Crippen molar-refractivity contribution in [1.82, 2.24) is 5.32 Å². The lowest BCUT2D eigenvalue weighted by Crippen LogP contribution is -2.38. The van der Waals surface area contributed by atoms with Gasteiger partial charge in [0.1, 0.15) is 0 Å². The molecule has 36 heavy (non-hydrogen) atoms. The van der Waals surface area contributed by atoms with E-state index in [2.05, 4.69) is 53.1 Å². The first kappa shape index (κ1) is 24.1. The molecule has 3 N–H and O–H groups in total. The Kier molecular flexibility index (Phi) is 7.33. The molecular weight excluding hydrogens is 450 g/mol. The van der Waals surface area contributed by atoms with Gasteiger partial charge in [-0.1, -0.05) is 48.5 Å². The second-order valence-corrected chi connectivity index (χ2v) is 9.91. The van der Waals surface area contributed by atoms with E-state index in [1.807, 2.05) is 35.2 Å². The van der Waals surface area contributed by atoms with E-state index in [1.165, 1.54) is 5.56 Å². The molecule has 0 unspecified atom stereocenters. The van der Waals surface area contributed by atoms with Crippen molar-refractivity contribution < 1.29 is 14.7 Å². The van der Waals surface area contributed by atoms with E-state index in [0.717, 1.165) is 66.8 Å². The minimum atomic E-state index is -0.682. The first-order valence-electron chi connectivity index (χ1n) is 12.9. The van der Waals surface area contributed by atoms with Crippen molar-refractivity contribution >= 4 is 23.4 Å². The van der Waals surface area contributed by atoms with Gasteiger partial charge in [-0.05, 0) is 84.0 Å². The highest BCUT2D eigenvalue weighted by atomic mass is 16.4. The summed E-state index contributed by atoms with van der Waals surface area (Å²) in [6.45, 7) is 2.06. The molecule has 0 radical (unpaired) electrons. The van der Waals surface area contributed by atoms with Gasteiger partial charge in [0.15, 0.2) is 0 Å². The summed E-state index contributed by atoms with van der Waals surface area (Å²) in [6.07, 6.45) is 4.39. The highest BCUT2D eigenvalue weighted by molar-refractivity contribution is 6.02. The van der Waals surface area contributed by atoms with E-state index in [-0.39, 0.29) is 6.03 Å². The van der Waals surface area contributed by atoms with E-state index in [0.29, 0.717) is 24.8 Å². The Morgan fingerprint density at radius 3 is 2.36 bits per heavy atom. The lowest BCUT2D eigenvalue weighted by atomic mass is 9.77. The zero-order valence-corrected chi connectivity index (χ0v) is 20.5. The molecule has 1 aliphatic heterocycles. The highest BCUT2D eigenvalue weighted by Gasteiger charge is 2.24. The van der Waals surface area contributed by atoms with Gasteiger partial charge in [-0.3, -0.25) is 9.69 Å². The number of carbonyl (C=O) groups is 2. The van der Waals surface area contributed by atoms with Crippen LogP contribution in [-0.2, 0) is 11.3 Å². The van der Waals surface area contributed by atoms with Crippen LogP contribution in [0.2, 0.25) is 0 Å². The molecule has 3 aromatic rings. The van der Waals surface area contributed by atoms with Crippen LogP contribution in [0.4, 0.5) is 16.2 Å².